The molecule has 1 radical (unpaired) electrons. The quantitative estimate of drug-likeness (QED) is 0.732. The first-order valence-corrected chi connectivity index (χ1v) is 5.75. The van der Waals surface area contributed by atoms with Gasteiger partial charge in [-0.3, -0.25) is 0 Å². The second-order valence-electron chi connectivity index (χ2n) is 2.40. The average molecular weight is 226 g/mol. The van der Waals surface area contributed by atoms with Crippen molar-refractivity contribution >= 4 is 34.7 Å². The van der Waals surface area contributed by atoms with Gasteiger partial charge in [-0.25, -0.2) is 0 Å². The van der Waals surface area contributed by atoms with Crippen LogP contribution in [0.1, 0.15) is 0 Å². The summed E-state index contributed by atoms with van der Waals surface area (Å²) in [5.41, 5.74) is 0. The minimum absolute atomic E-state index is 0.838. The van der Waals surface area contributed by atoms with E-state index in [1.807, 2.05) is 36.4 Å². The zero-order valence-electron chi connectivity index (χ0n) is 6.66. The molecule has 1 aromatic heterocycles. The van der Waals surface area contributed by atoms with Gasteiger partial charge in [-0.1, -0.05) is 35.5 Å². The Hall–Kier alpha value is -0.440. The van der Waals surface area contributed by atoms with Crippen molar-refractivity contribution in [1.29, 1.82) is 0 Å². The second-order valence-corrected chi connectivity index (χ2v) is 5.49. The highest BCUT2D eigenvalue weighted by Gasteiger charge is 1.99. The van der Waals surface area contributed by atoms with Crippen molar-refractivity contribution in [1.82, 2.24) is 0 Å². The van der Waals surface area contributed by atoms with Crippen molar-refractivity contribution in [2.24, 2.45) is 0 Å². The van der Waals surface area contributed by atoms with E-state index in [9.17, 15) is 0 Å². The van der Waals surface area contributed by atoms with Crippen molar-refractivity contribution in [3.8, 4) is 0 Å². The number of benzene rings is 1. The number of rotatable bonds is 2. The normalized spacial score (nSPS) is 10.2. The smallest absolute Gasteiger partial charge is 0.0940 e. The van der Waals surface area contributed by atoms with E-state index < -0.39 is 0 Å². The predicted molar refractivity (Wildman–Crippen MR) is 58.7 cm³/mol. The Morgan fingerprint density at radius 3 is 2.54 bits per heavy atom. The van der Waals surface area contributed by atoms with Crippen LogP contribution in [-0.4, -0.2) is 0 Å². The molecule has 0 spiro atoms. The van der Waals surface area contributed by atoms with Gasteiger partial charge in [0.1, 0.15) is 0 Å². The molecule has 2 aromatic rings. The fraction of sp³-hybridized carbons (Fsp3) is 0. The summed E-state index contributed by atoms with van der Waals surface area (Å²) in [6, 6.07) is 14.9. The van der Waals surface area contributed by atoms with E-state index in [0.29, 0.717) is 0 Å². The molecule has 65 valence electrons. The standard InChI is InChI=1S/C10H6ClS2/c11-9-6-7-10(13-9)12-8-4-2-1-3-5-8/h2-7H. The molecule has 0 unspecified atom stereocenters. The van der Waals surface area contributed by atoms with Gasteiger partial charge in [-0.05, 0) is 30.3 Å². The molecular weight excluding hydrogens is 220 g/mol. The van der Waals surface area contributed by atoms with Crippen molar-refractivity contribution in [2.75, 3.05) is 0 Å². The van der Waals surface area contributed by atoms with Gasteiger partial charge in [0, 0.05) is 4.90 Å². The molecule has 0 saturated carbocycles. The first-order chi connectivity index (χ1) is 6.34. The van der Waals surface area contributed by atoms with E-state index in [2.05, 4.69) is 6.07 Å². The van der Waals surface area contributed by atoms with Crippen molar-refractivity contribution in [3.05, 3.63) is 46.8 Å². The maximum atomic E-state index is 5.83. The van der Waals surface area contributed by atoms with Gasteiger partial charge in [-0.15, -0.1) is 11.3 Å². The molecule has 0 fully saturated rings. The maximum Gasteiger partial charge on any atom is 0.0940 e. The Morgan fingerprint density at radius 2 is 1.92 bits per heavy atom. The molecule has 0 aliphatic heterocycles. The molecule has 0 saturated heterocycles. The lowest BCUT2D eigenvalue weighted by atomic mass is 10.4. The van der Waals surface area contributed by atoms with Crippen LogP contribution in [0.3, 0.4) is 0 Å². The summed E-state index contributed by atoms with van der Waals surface area (Å²) in [5, 5.41) is 0. The molecule has 0 N–H and O–H groups in total. The Balaban J connectivity index is 2.15. The van der Waals surface area contributed by atoms with Gasteiger partial charge in [0.25, 0.3) is 0 Å². The van der Waals surface area contributed by atoms with Crippen LogP contribution >= 0.6 is 34.7 Å². The summed E-state index contributed by atoms with van der Waals surface area (Å²) < 4.78 is 2.06. The third-order valence-corrected chi connectivity index (χ3v) is 3.83. The average Bonchev–Trinajstić information content (AvgIpc) is 2.53. The van der Waals surface area contributed by atoms with Crippen LogP contribution in [0.4, 0.5) is 0 Å². The van der Waals surface area contributed by atoms with Crippen molar-refractivity contribution < 1.29 is 0 Å². The van der Waals surface area contributed by atoms with Crippen LogP contribution in [0.5, 0.6) is 0 Å². The van der Waals surface area contributed by atoms with Crippen LogP contribution in [0.25, 0.3) is 0 Å². The van der Waals surface area contributed by atoms with E-state index in [1.165, 1.54) is 9.10 Å². The molecule has 2 rings (SSSR count). The third-order valence-electron chi connectivity index (χ3n) is 1.45. The zero-order valence-corrected chi connectivity index (χ0v) is 9.05. The number of thiophene rings is 1. The fourth-order valence-electron chi connectivity index (χ4n) is 0.908. The van der Waals surface area contributed by atoms with Gasteiger partial charge in [-0.2, -0.15) is 0 Å². The van der Waals surface area contributed by atoms with Crippen LogP contribution in [0.15, 0.2) is 45.5 Å². The molecule has 13 heavy (non-hydrogen) atoms. The summed E-state index contributed by atoms with van der Waals surface area (Å²) >= 11 is 9.15. The Morgan fingerprint density at radius 1 is 1.15 bits per heavy atom. The Bertz CT molecular complexity index is 381. The lowest BCUT2D eigenvalue weighted by Gasteiger charge is -1.95. The number of halogens is 1. The molecule has 1 aromatic carbocycles. The Kier molecular flexibility index (Phi) is 2.94. The lowest BCUT2D eigenvalue weighted by Crippen LogP contribution is -1.66. The van der Waals surface area contributed by atoms with E-state index in [-0.39, 0.29) is 0 Å². The number of hydrogen-bond acceptors (Lipinski definition) is 2. The third kappa shape index (κ3) is 2.50. The zero-order chi connectivity index (χ0) is 9.10. The van der Waals surface area contributed by atoms with E-state index >= 15 is 0 Å². The lowest BCUT2D eigenvalue weighted by molar-refractivity contribution is 1.45. The highest BCUT2D eigenvalue weighted by molar-refractivity contribution is 8.01. The summed E-state index contributed by atoms with van der Waals surface area (Å²) in [4.78, 5) is 1.22. The molecule has 0 atom stereocenters. The van der Waals surface area contributed by atoms with Gasteiger partial charge in [0.15, 0.2) is 0 Å². The predicted octanol–water partition coefficient (Wildman–Crippen LogP) is 4.35. The van der Waals surface area contributed by atoms with Crippen LogP contribution in [-0.2, 0) is 0 Å². The van der Waals surface area contributed by atoms with Gasteiger partial charge in [0.05, 0.1) is 8.55 Å². The summed E-state index contributed by atoms with van der Waals surface area (Å²) in [6.07, 6.45) is 0. The molecular formula is C10H6ClS2. The highest BCUT2D eigenvalue weighted by Crippen LogP contribution is 2.34. The fourth-order valence-corrected chi connectivity index (χ4v) is 3.19. The molecule has 3 heteroatoms. The first kappa shape index (κ1) is 9.13. The van der Waals surface area contributed by atoms with Crippen LogP contribution in [0, 0.1) is 6.07 Å². The summed E-state index contributed by atoms with van der Waals surface area (Å²) in [5.74, 6) is 0. The van der Waals surface area contributed by atoms with Gasteiger partial charge >= 0.3 is 0 Å². The van der Waals surface area contributed by atoms with E-state index in [0.717, 1.165) is 4.34 Å². The van der Waals surface area contributed by atoms with E-state index in [4.69, 9.17) is 11.6 Å². The second kappa shape index (κ2) is 4.18. The monoisotopic (exact) mass is 225 g/mol. The van der Waals surface area contributed by atoms with Gasteiger partial charge in [0.2, 0.25) is 0 Å². The summed E-state index contributed by atoms with van der Waals surface area (Å²) in [6.45, 7) is 0. The Labute approximate surface area is 90.6 Å². The molecule has 0 amide bonds. The molecule has 0 aliphatic carbocycles. The molecule has 0 bridgehead atoms. The first-order valence-electron chi connectivity index (χ1n) is 3.74. The van der Waals surface area contributed by atoms with Crippen molar-refractivity contribution in [3.63, 3.8) is 0 Å². The van der Waals surface area contributed by atoms with Crippen molar-refractivity contribution in [2.45, 2.75) is 9.10 Å². The minimum Gasteiger partial charge on any atom is -0.117 e. The molecule has 1 heterocycles. The number of hydrogen-bond donors (Lipinski definition) is 0. The largest absolute Gasteiger partial charge is 0.117 e. The SMILES string of the molecule is Clc1ccc(Sc2cc[c]cc2)s1. The molecule has 0 aliphatic rings. The molecule has 0 nitrogen and oxygen atoms in total. The highest BCUT2D eigenvalue weighted by atomic mass is 35.5. The van der Waals surface area contributed by atoms with E-state index in [1.54, 1.807) is 23.1 Å². The van der Waals surface area contributed by atoms with Crippen LogP contribution in [0.2, 0.25) is 4.34 Å². The topological polar surface area (TPSA) is 0 Å². The maximum absolute atomic E-state index is 5.83. The van der Waals surface area contributed by atoms with Crippen LogP contribution < -0.4 is 0 Å². The minimum atomic E-state index is 0.838. The summed E-state index contributed by atoms with van der Waals surface area (Å²) in [7, 11) is 0. The van der Waals surface area contributed by atoms with Gasteiger partial charge < -0.3 is 0 Å².